The van der Waals surface area contributed by atoms with Gasteiger partial charge in [-0.05, 0) is 34.5 Å². The molecule has 1 aromatic rings. The fourth-order valence-electron chi connectivity index (χ4n) is 0.825. The van der Waals surface area contributed by atoms with Crippen molar-refractivity contribution in [3.8, 4) is 6.07 Å². The van der Waals surface area contributed by atoms with E-state index in [1.54, 1.807) is 6.92 Å². The summed E-state index contributed by atoms with van der Waals surface area (Å²) in [5.41, 5.74) is 0.415. The second kappa shape index (κ2) is 3.79. The van der Waals surface area contributed by atoms with Gasteiger partial charge >= 0.3 is 0 Å². The van der Waals surface area contributed by atoms with E-state index in [2.05, 4.69) is 20.9 Å². The van der Waals surface area contributed by atoms with Crippen molar-refractivity contribution in [1.29, 1.82) is 5.26 Å². The summed E-state index contributed by atoms with van der Waals surface area (Å²) in [6.07, 6.45) is -2.65. The van der Waals surface area contributed by atoms with Gasteiger partial charge in [0, 0.05) is 0 Å². The number of rotatable bonds is 1. The average molecular weight is 247 g/mol. The summed E-state index contributed by atoms with van der Waals surface area (Å²) < 4.78 is 24.7. The number of pyridine rings is 1. The Kier molecular flexibility index (Phi) is 2.94. The Morgan fingerprint density at radius 2 is 2.23 bits per heavy atom. The lowest BCUT2D eigenvalue weighted by atomic mass is 10.1. The molecule has 68 valence electrons. The first-order valence-electron chi connectivity index (χ1n) is 3.41. The maximum atomic E-state index is 12.2. The highest BCUT2D eigenvalue weighted by molar-refractivity contribution is 9.10. The van der Waals surface area contributed by atoms with Gasteiger partial charge in [0.1, 0.15) is 10.3 Å². The molecule has 0 aliphatic rings. The van der Waals surface area contributed by atoms with E-state index in [0.717, 1.165) is 6.07 Å². The number of nitrogens with zero attached hydrogens (tertiary/aromatic N) is 2. The van der Waals surface area contributed by atoms with Gasteiger partial charge in [0.15, 0.2) is 0 Å². The first-order valence-corrected chi connectivity index (χ1v) is 4.21. The molecule has 0 saturated carbocycles. The highest BCUT2D eigenvalue weighted by Crippen LogP contribution is 2.23. The largest absolute Gasteiger partial charge is 0.280 e. The molecule has 0 spiro atoms. The molecule has 0 radical (unpaired) electrons. The lowest BCUT2D eigenvalue weighted by Gasteiger charge is -2.03. The lowest BCUT2D eigenvalue weighted by Crippen LogP contribution is -1.95. The topological polar surface area (TPSA) is 36.7 Å². The highest BCUT2D eigenvalue weighted by Gasteiger charge is 2.13. The second-order valence-corrected chi connectivity index (χ2v) is 3.17. The van der Waals surface area contributed by atoms with Crippen LogP contribution in [0.25, 0.3) is 0 Å². The summed E-state index contributed by atoms with van der Waals surface area (Å²) in [6.45, 7) is 1.64. The van der Waals surface area contributed by atoms with Gasteiger partial charge < -0.3 is 0 Å². The Morgan fingerprint density at radius 3 is 2.69 bits per heavy atom. The molecule has 0 aromatic carbocycles. The maximum absolute atomic E-state index is 12.2. The zero-order chi connectivity index (χ0) is 10.0. The number of nitriles is 1. The van der Waals surface area contributed by atoms with Gasteiger partial charge in [-0.3, -0.25) is 0 Å². The Labute approximate surface area is 82.3 Å². The van der Waals surface area contributed by atoms with Crippen molar-refractivity contribution < 1.29 is 8.78 Å². The van der Waals surface area contributed by atoms with Crippen LogP contribution in [0.4, 0.5) is 8.78 Å². The third kappa shape index (κ3) is 2.01. The van der Waals surface area contributed by atoms with Gasteiger partial charge in [-0.1, -0.05) is 0 Å². The molecule has 1 aromatic heterocycles. The average Bonchev–Trinajstić information content (AvgIpc) is 2.09. The van der Waals surface area contributed by atoms with Crippen LogP contribution in [0, 0.1) is 18.3 Å². The normalized spacial score (nSPS) is 10.2. The van der Waals surface area contributed by atoms with Crippen molar-refractivity contribution in [3.63, 3.8) is 0 Å². The molecule has 0 aliphatic heterocycles. The quantitative estimate of drug-likeness (QED) is 0.715. The zero-order valence-corrected chi connectivity index (χ0v) is 8.27. The molecule has 0 atom stereocenters. The van der Waals surface area contributed by atoms with E-state index in [0.29, 0.717) is 10.2 Å². The van der Waals surface area contributed by atoms with E-state index < -0.39 is 6.43 Å². The third-order valence-corrected chi connectivity index (χ3v) is 2.35. The molecule has 0 amide bonds. The van der Waals surface area contributed by atoms with Gasteiger partial charge in [0.2, 0.25) is 0 Å². The fourth-order valence-corrected chi connectivity index (χ4v) is 1.24. The van der Waals surface area contributed by atoms with Crippen LogP contribution < -0.4 is 0 Å². The van der Waals surface area contributed by atoms with Gasteiger partial charge in [0.05, 0.1) is 11.6 Å². The van der Waals surface area contributed by atoms with E-state index in [4.69, 9.17) is 5.26 Å². The predicted octanol–water partition coefficient (Wildman–Crippen LogP) is 2.96. The van der Waals surface area contributed by atoms with E-state index in [1.165, 1.54) is 0 Å². The van der Waals surface area contributed by atoms with Crippen molar-refractivity contribution in [2.24, 2.45) is 0 Å². The first-order chi connectivity index (χ1) is 6.06. The Morgan fingerprint density at radius 1 is 1.62 bits per heavy atom. The van der Waals surface area contributed by atoms with Crippen LogP contribution in [0.15, 0.2) is 10.7 Å². The summed E-state index contributed by atoms with van der Waals surface area (Å²) in [6, 6.07) is 2.93. The Hall–Kier alpha value is -1.02. The van der Waals surface area contributed by atoms with Crippen LogP contribution in [-0.4, -0.2) is 4.98 Å². The molecular formula is C8H5BrF2N2. The highest BCUT2D eigenvalue weighted by atomic mass is 79.9. The molecule has 1 rings (SSSR count). The van der Waals surface area contributed by atoms with Gasteiger partial charge in [-0.2, -0.15) is 5.26 Å². The Balaban J connectivity index is 3.32. The van der Waals surface area contributed by atoms with Crippen molar-refractivity contribution in [1.82, 2.24) is 4.98 Å². The fraction of sp³-hybridized carbons (Fsp3) is 0.250. The molecular weight excluding hydrogens is 242 g/mol. The smallest absolute Gasteiger partial charge is 0.240 e. The van der Waals surface area contributed by atoms with Crippen LogP contribution in [0.1, 0.15) is 23.2 Å². The van der Waals surface area contributed by atoms with Crippen molar-refractivity contribution >= 4 is 15.9 Å². The minimum Gasteiger partial charge on any atom is -0.240 e. The number of alkyl halides is 2. The zero-order valence-electron chi connectivity index (χ0n) is 6.68. The van der Waals surface area contributed by atoms with Crippen molar-refractivity contribution in [2.45, 2.75) is 13.3 Å². The number of aromatic nitrogens is 1. The molecule has 5 heteroatoms. The summed E-state index contributed by atoms with van der Waals surface area (Å²) in [7, 11) is 0. The molecule has 0 fully saturated rings. The number of halogens is 3. The van der Waals surface area contributed by atoms with Crippen LogP contribution in [-0.2, 0) is 0 Å². The summed E-state index contributed by atoms with van der Waals surface area (Å²) in [5.74, 6) is 0. The van der Waals surface area contributed by atoms with Crippen LogP contribution in [0.2, 0.25) is 0 Å². The van der Waals surface area contributed by atoms with Gasteiger partial charge in [0.25, 0.3) is 6.43 Å². The van der Waals surface area contributed by atoms with E-state index in [-0.39, 0.29) is 11.3 Å². The molecule has 0 aliphatic carbocycles. The predicted molar refractivity (Wildman–Crippen MR) is 46.3 cm³/mol. The molecule has 1 heterocycles. The molecule has 0 bridgehead atoms. The van der Waals surface area contributed by atoms with Crippen LogP contribution in [0.5, 0.6) is 0 Å². The SMILES string of the molecule is Cc1c(C#N)cc(C(F)F)nc1Br. The van der Waals surface area contributed by atoms with E-state index >= 15 is 0 Å². The van der Waals surface area contributed by atoms with Crippen LogP contribution in [0.3, 0.4) is 0 Å². The van der Waals surface area contributed by atoms with Gasteiger partial charge in [-0.15, -0.1) is 0 Å². The number of hydrogen-bond donors (Lipinski definition) is 0. The molecule has 0 N–H and O–H groups in total. The molecule has 0 saturated heterocycles. The molecule has 2 nitrogen and oxygen atoms in total. The minimum absolute atomic E-state index is 0.220. The van der Waals surface area contributed by atoms with Gasteiger partial charge in [-0.25, -0.2) is 13.8 Å². The Bertz CT molecular complexity index is 371. The van der Waals surface area contributed by atoms with Crippen molar-refractivity contribution in [2.75, 3.05) is 0 Å². The monoisotopic (exact) mass is 246 g/mol. The standard InChI is InChI=1S/C8H5BrF2N2/c1-4-5(3-12)2-6(8(10)11)13-7(4)9/h2,8H,1H3. The number of hydrogen-bond acceptors (Lipinski definition) is 2. The molecule has 0 unspecified atom stereocenters. The summed E-state index contributed by atoms with van der Waals surface area (Å²) in [5, 5.41) is 8.61. The second-order valence-electron chi connectivity index (χ2n) is 2.42. The maximum Gasteiger partial charge on any atom is 0.280 e. The minimum atomic E-state index is -2.65. The van der Waals surface area contributed by atoms with Crippen molar-refractivity contribution in [3.05, 3.63) is 27.5 Å². The van der Waals surface area contributed by atoms with E-state index in [1.807, 2.05) is 6.07 Å². The van der Waals surface area contributed by atoms with E-state index in [9.17, 15) is 8.78 Å². The summed E-state index contributed by atoms with van der Waals surface area (Å²) >= 11 is 3.01. The van der Waals surface area contributed by atoms with Crippen LogP contribution >= 0.6 is 15.9 Å². The third-order valence-electron chi connectivity index (χ3n) is 1.58. The molecule has 13 heavy (non-hydrogen) atoms. The lowest BCUT2D eigenvalue weighted by molar-refractivity contribution is 0.146. The summed E-state index contributed by atoms with van der Waals surface area (Å²) in [4.78, 5) is 3.60. The first kappa shape index (κ1) is 10.1.